The van der Waals surface area contributed by atoms with Gasteiger partial charge in [-0.1, -0.05) is 24.3 Å². The fourth-order valence-corrected chi connectivity index (χ4v) is 2.90. The number of anilines is 1. The minimum Gasteiger partial charge on any atom is -0.350 e. The van der Waals surface area contributed by atoms with E-state index in [2.05, 4.69) is 33.5 Å². The molecule has 0 saturated carbocycles. The summed E-state index contributed by atoms with van der Waals surface area (Å²) in [5.74, 6) is 0.468. The zero-order valence-corrected chi connectivity index (χ0v) is 14.8. The van der Waals surface area contributed by atoms with E-state index in [1.54, 1.807) is 6.07 Å². The molecule has 2 heterocycles. The lowest BCUT2D eigenvalue weighted by Crippen LogP contribution is -2.36. The van der Waals surface area contributed by atoms with Crippen molar-refractivity contribution in [2.45, 2.75) is 46.2 Å². The minimum atomic E-state index is -0.155. The Bertz CT molecular complexity index is 764. The second-order valence-corrected chi connectivity index (χ2v) is 7.34. The van der Waals surface area contributed by atoms with E-state index in [1.807, 2.05) is 38.7 Å². The Morgan fingerprint density at radius 2 is 1.88 bits per heavy atom. The molecule has 1 aromatic heterocycles. The lowest BCUT2D eigenvalue weighted by Gasteiger charge is -2.29. The predicted molar refractivity (Wildman–Crippen MR) is 95.0 cm³/mol. The normalized spacial score (nSPS) is 14.2. The van der Waals surface area contributed by atoms with Crippen LogP contribution in [-0.2, 0) is 13.0 Å². The average Bonchev–Trinajstić information content (AvgIpc) is 2.51. The molecule has 1 N–H and O–H groups in total. The zero-order valence-electron chi connectivity index (χ0n) is 14.8. The van der Waals surface area contributed by atoms with Gasteiger partial charge in [-0.2, -0.15) is 0 Å². The fraction of sp³-hybridized carbons (Fsp3) is 0.421. The summed E-state index contributed by atoms with van der Waals surface area (Å²) in [6.07, 6.45) is 0.888. The van der Waals surface area contributed by atoms with Gasteiger partial charge in [-0.25, -0.2) is 9.97 Å². The number of hydrogen-bond acceptors (Lipinski definition) is 4. The van der Waals surface area contributed by atoms with Crippen LogP contribution in [0.15, 0.2) is 30.3 Å². The van der Waals surface area contributed by atoms with Gasteiger partial charge in [0.2, 0.25) is 5.95 Å². The van der Waals surface area contributed by atoms with Crippen LogP contribution in [0.4, 0.5) is 5.95 Å². The van der Waals surface area contributed by atoms with E-state index in [9.17, 15) is 4.79 Å². The monoisotopic (exact) mass is 324 g/mol. The molecule has 0 saturated heterocycles. The summed E-state index contributed by atoms with van der Waals surface area (Å²) < 4.78 is 0. The van der Waals surface area contributed by atoms with Gasteiger partial charge in [0.05, 0.1) is 0 Å². The number of carbonyl (C=O) groups excluding carboxylic acids is 1. The van der Waals surface area contributed by atoms with Crippen LogP contribution in [0.5, 0.6) is 0 Å². The van der Waals surface area contributed by atoms with Gasteiger partial charge in [-0.05, 0) is 51.3 Å². The summed E-state index contributed by atoms with van der Waals surface area (Å²) in [5, 5.41) is 3.24. The third-order valence-corrected chi connectivity index (χ3v) is 3.98. The molecule has 24 heavy (non-hydrogen) atoms. The fourth-order valence-electron chi connectivity index (χ4n) is 2.90. The van der Waals surface area contributed by atoms with Crippen LogP contribution in [-0.4, -0.2) is 32.9 Å². The quantitative estimate of drug-likeness (QED) is 0.921. The first-order valence-electron chi connectivity index (χ1n) is 8.32. The van der Waals surface area contributed by atoms with Gasteiger partial charge >= 0.3 is 0 Å². The molecule has 0 aliphatic carbocycles. The van der Waals surface area contributed by atoms with Crippen molar-refractivity contribution in [3.63, 3.8) is 0 Å². The molecule has 5 heteroatoms. The number of amides is 1. The van der Waals surface area contributed by atoms with E-state index >= 15 is 0 Å². The van der Waals surface area contributed by atoms with Crippen molar-refractivity contribution in [3.05, 3.63) is 52.8 Å². The Morgan fingerprint density at radius 3 is 2.58 bits per heavy atom. The Balaban J connectivity index is 1.83. The van der Waals surface area contributed by atoms with E-state index in [-0.39, 0.29) is 11.4 Å². The summed E-state index contributed by atoms with van der Waals surface area (Å²) in [7, 11) is 0. The van der Waals surface area contributed by atoms with Crippen LogP contribution >= 0.6 is 0 Å². The molecule has 0 bridgehead atoms. The van der Waals surface area contributed by atoms with Crippen LogP contribution in [0, 0.1) is 6.92 Å². The van der Waals surface area contributed by atoms with Crippen molar-refractivity contribution in [1.29, 1.82) is 0 Å². The van der Waals surface area contributed by atoms with E-state index in [0.717, 1.165) is 18.7 Å². The van der Waals surface area contributed by atoms with Crippen molar-refractivity contribution in [1.82, 2.24) is 14.9 Å². The lowest BCUT2D eigenvalue weighted by molar-refractivity contribution is 0.0728. The molecule has 5 nitrogen and oxygen atoms in total. The lowest BCUT2D eigenvalue weighted by atomic mass is 10.00. The van der Waals surface area contributed by atoms with E-state index < -0.39 is 0 Å². The number of nitrogens with zero attached hydrogens (tertiary/aromatic N) is 3. The standard InChI is InChI=1S/C19H24N4O/c1-13-11-16(21-18(20-13)22-19(2,3)4)17(24)23-10-9-14-7-5-6-8-15(14)12-23/h5-8,11H,9-10,12H2,1-4H3,(H,20,21,22). The molecule has 1 aliphatic rings. The van der Waals surface area contributed by atoms with Crippen LogP contribution in [0.3, 0.4) is 0 Å². The van der Waals surface area contributed by atoms with Crippen molar-refractivity contribution < 1.29 is 4.79 Å². The maximum Gasteiger partial charge on any atom is 0.272 e. The molecule has 0 radical (unpaired) electrons. The van der Waals surface area contributed by atoms with Crippen molar-refractivity contribution >= 4 is 11.9 Å². The molecule has 0 atom stereocenters. The van der Waals surface area contributed by atoms with E-state index in [0.29, 0.717) is 18.2 Å². The molecule has 0 fully saturated rings. The van der Waals surface area contributed by atoms with E-state index in [1.165, 1.54) is 11.1 Å². The van der Waals surface area contributed by atoms with Crippen LogP contribution in [0.25, 0.3) is 0 Å². The second kappa shape index (κ2) is 6.23. The number of aromatic nitrogens is 2. The Kier molecular flexibility index (Phi) is 4.26. The van der Waals surface area contributed by atoms with Gasteiger partial charge in [0.15, 0.2) is 0 Å². The zero-order chi connectivity index (χ0) is 17.3. The Hall–Kier alpha value is -2.43. The molecule has 3 rings (SSSR count). The van der Waals surface area contributed by atoms with Crippen LogP contribution < -0.4 is 5.32 Å². The van der Waals surface area contributed by atoms with E-state index in [4.69, 9.17) is 0 Å². The first kappa shape index (κ1) is 16.4. The maximum absolute atomic E-state index is 12.9. The SMILES string of the molecule is Cc1cc(C(=O)N2CCc3ccccc3C2)nc(NC(C)(C)C)n1. The second-order valence-electron chi connectivity index (χ2n) is 7.34. The Labute approximate surface area is 143 Å². The van der Waals surface area contributed by atoms with Crippen molar-refractivity contribution in [3.8, 4) is 0 Å². The first-order chi connectivity index (χ1) is 11.3. The van der Waals surface area contributed by atoms with Crippen molar-refractivity contribution in [2.24, 2.45) is 0 Å². The van der Waals surface area contributed by atoms with Gasteiger partial charge in [-0.3, -0.25) is 4.79 Å². The molecule has 1 aliphatic heterocycles. The van der Waals surface area contributed by atoms with Crippen molar-refractivity contribution in [2.75, 3.05) is 11.9 Å². The van der Waals surface area contributed by atoms with Gasteiger partial charge in [0.1, 0.15) is 5.69 Å². The Morgan fingerprint density at radius 1 is 1.17 bits per heavy atom. The van der Waals surface area contributed by atoms with Gasteiger partial charge in [0.25, 0.3) is 5.91 Å². The molecular weight excluding hydrogens is 300 g/mol. The summed E-state index contributed by atoms with van der Waals surface area (Å²) in [6, 6.07) is 10.1. The molecule has 126 valence electrons. The molecule has 0 unspecified atom stereocenters. The van der Waals surface area contributed by atoms with Crippen LogP contribution in [0.2, 0.25) is 0 Å². The molecular formula is C19H24N4O. The first-order valence-corrected chi connectivity index (χ1v) is 8.32. The highest BCUT2D eigenvalue weighted by Crippen LogP contribution is 2.20. The number of nitrogens with one attached hydrogen (secondary N) is 1. The van der Waals surface area contributed by atoms with Gasteiger partial charge in [-0.15, -0.1) is 0 Å². The molecule has 0 spiro atoms. The third kappa shape index (κ3) is 3.72. The number of carbonyl (C=O) groups is 1. The topological polar surface area (TPSA) is 58.1 Å². The highest BCUT2D eigenvalue weighted by molar-refractivity contribution is 5.92. The largest absolute Gasteiger partial charge is 0.350 e. The van der Waals surface area contributed by atoms with Gasteiger partial charge in [0, 0.05) is 24.3 Å². The number of aryl methyl sites for hydroxylation is 1. The number of benzene rings is 1. The highest BCUT2D eigenvalue weighted by atomic mass is 16.2. The predicted octanol–water partition coefficient (Wildman–Crippen LogP) is 3.19. The number of rotatable bonds is 2. The summed E-state index contributed by atoms with van der Waals surface area (Å²) in [5.41, 5.74) is 3.63. The molecule has 1 aromatic carbocycles. The number of fused-ring (bicyclic) bond motifs is 1. The van der Waals surface area contributed by atoms with Crippen LogP contribution in [0.1, 0.15) is 48.1 Å². The summed E-state index contributed by atoms with van der Waals surface area (Å²) in [6.45, 7) is 9.38. The van der Waals surface area contributed by atoms with Gasteiger partial charge < -0.3 is 10.2 Å². The average molecular weight is 324 g/mol. The molecule has 1 amide bonds. The summed E-state index contributed by atoms with van der Waals surface area (Å²) in [4.78, 5) is 23.6. The highest BCUT2D eigenvalue weighted by Gasteiger charge is 2.23. The number of hydrogen-bond donors (Lipinski definition) is 1. The minimum absolute atomic E-state index is 0.0352. The summed E-state index contributed by atoms with van der Waals surface area (Å²) >= 11 is 0. The third-order valence-electron chi connectivity index (χ3n) is 3.98. The smallest absolute Gasteiger partial charge is 0.272 e. The molecule has 2 aromatic rings. The maximum atomic E-state index is 12.9.